The van der Waals surface area contributed by atoms with E-state index in [4.69, 9.17) is 4.74 Å². The van der Waals surface area contributed by atoms with Gasteiger partial charge in [0.1, 0.15) is 0 Å². The number of benzene rings is 1. The van der Waals surface area contributed by atoms with Crippen LogP contribution in [0.2, 0.25) is 0 Å². The molecule has 1 aromatic rings. The fourth-order valence-electron chi connectivity index (χ4n) is 1.84. The van der Waals surface area contributed by atoms with E-state index in [0.717, 1.165) is 19.3 Å². The average molecular weight is 379 g/mol. The zero-order valence-electron chi connectivity index (χ0n) is 13.8. The first kappa shape index (κ1) is 21.5. The van der Waals surface area contributed by atoms with Crippen molar-refractivity contribution in [1.82, 2.24) is 0 Å². The van der Waals surface area contributed by atoms with Crippen LogP contribution in [0.3, 0.4) is 0 Å². The minimum atomic E-state index is -0.836. The molecule has 128 valence electrons. The lowest BCUT2D eigenvalue weighted by Gasteiger charge is -2.03. The number of halogens is 3. The predicted octanol–water partition coefficient (Wildman–Crippen LogP) is 6.89. The zero-order chi connectivity index (χ0) is 16.6. The summed E-state index contributed by atoms with van der Waals surface area (Å²) >= 11 is 2.83. The van der Waals surface area contributed by atoms with E-state index in [2.05, 4.69) is 29.8 Å². The molecule has 1 nitrogen and oxygen atoms in total. The molecule has 0 saturated carbocycles. The first-order valence-corrected chi connectivity index (χ1v) is 9.10. The van der Waals surface area contributed by atoms with E-state index in [1.807, 2.05) is 0 Å². The second-order valence-electron chi connectivity index (χ2n) is 5.27. The van der Waals surface area contributed by atoms with Gasteiger partial charge in [0.2, 0.25) is 0 Å². The standard InChI is InChI=1S/C12H26O.C6H3BrF2/c1-3-5-7-9-11-13-12-10-8-6-4-2;7-4-2-1-3-5(8)6(4)9/h3-12H2,1-2H3;1-3H. The average Bonchev–Trinajstić information content (AvgIpc) is 2.52. The molecule has 0 heterocycles. The minimum absolute atomic E-state index is 0.155. The van der Waals surface area contributed by atoms with Gasteiger partial charge in [0, 0.05) is 13.2 Å². The van der Waals surface area contributed by atoms with E-state index in [1.54, 1.807) is 0 Å². The smallest absolute Gasteiger partial charge is 0.172 e. The number of rotatable bonds is 10. The van der Waals surface area contributed by atoms with Crippen LogP contribution in [0, 0.1) is 11.6 Å². The van der Waals surface area contributed by atoms with Crippen molar-refractivity contribution < 1.29 is 13.5 Å². The Labute approximate surface area is 142 Å². The normalized spacial score (nSPS) is 10.2. The Balaban J connectivity index is 0.000000425. The molecule has 0 aliphatic rings. The Morgan fingerprint density at radius 2 is 1.41 bits per heavy atom. The molecule has 0 aliphatic heterocycles. The zero-order valence-corrected chi connectivity index (χ0v) is 15.4. The lowest BCUT2D eigenvalue weighted by Crippen LogP contribution is -1.96. The van der Waals surface area contributed by atoms with Crippen LogP contribution in [-0.2, 0) is 4.74 Å². The van der Waals surface area contributed by atoms with E-state index >= 15 is 0 Å². The molecule has 1 rings (SSSR count). The Morgan fingerprint density at radius 1 is 0.864 bits per heavy atom. The van der Waals surface area contributed by atoms with Crippen molar-refractivity contribution >= 4 is 15.9 Å². The van der Waals surface area contributed by atoms with Crippen LogP contribution in [0.1, 0.15) is 65.2 Å². The van der Waals surface area contributed by atoms with Crippen molar-refractivity contribution in [1.29, 1.82) is 0 Å². The largest absolute Gasteiger partial charge is 0.381 e. The van der Waals surface area contributed by atoms with Crippen LogP contribution in [0.25, 0.3) is 0 Å². The number of hydrogen-bond acceptors (Lipinski definition) is 1. The van der Waals surface area contributed by atoms with E-state index in [-0.39, 0.29) is 4.47 Å². The first-order chi connectivity index (χ1) is 10.6. The van der Waals surface area contributed by atoms with E-state index in [1.165, 1.54) is 63.5 Å². The molecular formula is C18H29BrF2O. The maximum atomic E-state index is 12.3. The Kier molecular flexibility index (Phi) is 15.1. The third-order valence-corrected chi connectivity index (χ3v) is 3.80. The predicted molar refractivity (Wildman–Crippen MR) is 93.2 cm³/mol. The maximum absolute atomic E-state index is 12.3. The highest BCUT2D eigenvalue weighted by molar-refractivity contribution is 9.10. The van der Waals surface area contributed by atoms with Crippen molar-refractivity contribution in [3.8, 4) is 0 Å². The molecule has 0 aliphatic carbocycles. The molecule has 0 saturated heterocycles. The van der Waals surface area contributed by atoms with Gasteiger partial charge in [-0.25, -0.2) is 8.78 Å². The van der Waals surface area contributed by atoms with Gasteiger partial charge in [-0.05, 0) is 40.9 Å². The van der Waals surface area contributed by atoms with Gasteiger partial charge < -0.3 is 4.74 Å². The summed E-state index contributed by atoms with van der Waals surface area (Å²) in [6.07, 6.45) is 10.5. The summed E-state index contributed by atoms with van der Waals surface area (Å²) in [5, 5.41) is 0. The molecule has 0 N–H and O–H groups in total. The van der Waals surface area contributed by atoms with Crippen molar-refractivity contribution in [2.75, 3.05) is 13.2 Å². The Morgan fingerprint density at radius 3 is 1.82 bits per heavy atom. The van der Waals surface area contributed by atoms with E-state index in [9.17, 15) is 8.78 Å². The van der Waals surface area contributed by atoms with Crippen molar-refractivity contribution in [3.63, 3.8) is 0 Å². The minimum Gasteiger partial charge on any atom is -0.381 e. The molecule has 0 amide bonds. The Hall–Kier alpha value is -0.480. The van der Waals surface area contributed by atoms with Crippen LogP contribution < -0.4 is 0 Å². The summed E-state index contributed by atoms with van der Waals surface area (Å²) in [6, 6.07) is 3.95. The topological polar surface area (TPSA) is 9.23 Å². The monoisotopic (exact) mass is 378 g/mol. The molecule has 1 aromatic carbocycles. The number of unbranched alkanes of at least 4 members (excludes halogenated alkanes) is 6. The highest BCUT2D eigenvalue weighted by Gasteiger charge is 2.02. The summed E-state index contributed by atoms with van der Waals surface area (Å²) in [4.78, 5) is 0. The van der Waals surface area contributed by atoms with Crippen molar-refractivity contribution in [2.45, 2.75) is 65.2 Å². The molecule has 0 bridgehead atoms. The first-order valence-electron chi connectivity index (χ1n) is 8.30. The maximum Gasteiger partial charge on any atom is 0.172 e. The van der Waals surface area contributed by atoms with Gasteiger partial charge >= 0.3 is 0 Å². The van der Waals surface area contributed by atoms with Crippen LogP contribution in [0.15, 0.2) is 22.7 Å². The molecule has 4 heteroatoms. The summed E-state index contributed by atoms with van der Waals surface area (Å²) in [5.74, 6) is -1.66. The summed E-state index contributed by atoms with van der Waals surface area (Å²) in [6.45, 7) is 6.44. The highest BCUT2D eigenvalue weighted by atomic mass is 79.9. The van der Waals surface area contributed by atoms with Crippen LogP contribution in [-0.4, -0.2) is 13.2 Å². The second-order valence-corrected chi connectivity index (χ2v) is 6.12. The van der Waals surface area contributed by atoms with Crippen LogP contribution in [0.5, 0.6) is 0 Å². The van der Waals surface area contributed by atoms with Crippen molar-refractivity contribution in [2.24, 2.45) is 0 Å². The molecule has 22 heavy (non-hydrogen) atoms. The van der Waals surface area contributed by atoms with Gasteiger partial charge in [-0.15, -0.1) is 0 Å². The number of hydrogen-bond donors (Lipinski definition) is 0. The summed E-state index contributed by atoms with van der Waals surface area (Å²) in [5.41, 5.74) is 0. The quantitative estimate of drug-likeness (QED) is 0.318. The SMILES string of the molecule is CCCCCCOCCCCCC.Fc1cccc(Br)c1F. The third-order valence-electron chi connectivity index (χ3n) is 3.19. The highest BCUT2D eigenvalue weighted by Crippen LogP contribution is 2.16. The fourth-order valence-corrected chi connectivity index (χ4v) is 2.18. The second kappa shape index (κ2) is 15.4. The lowest BCUT2D eigenvalue weighted by molar-refractivity contribution is 0.126. The van der Waals surface area contributed by atoms with Gasteiger partial charge in [-0.2, -0.15) is 0 Å². The molecule has 0 radical (unpaired) electrons. The van der Waals surface area contributed by atoms with Crippen molar-refractivity contribution in [3.05, 3.63) is 34.3 Å². The summed E-state index contributed by atoms with van der Waals surface area (Å²) < 4.78 is 30.2. The summed E-state index contributed by atoms with van der Waals surface area (Å²) in [7, 11) is 0. The molecule has 0 atom stereocenters. The van der Waals surface area contributed by atoms with Gasteiger partial charge in [-0.1, -0.05) is 58.4 Å². The molecule has 0 spiro atoms. The molecule has 0 aromatic heterocycles. The lowest BCUT2D eigenvalue weighted by atomic mass is 10.2. The van der Waals surface area contributed by atoms with Gasteiger partial charge in [0.15, 0.2) is 11.6 Å². The third kappa shape index (κ3) is 12.1. The Bertz CT molecular complexity index is 342. The van der Waals surface area contributed by atoms with Crippen LogP contribution >= 0.6 is 15.9 Å². The van der Waals surface area contributed by atoms with E-state index < -0.39 is 11.6 Å². The van der Waals surface area contributed by atoms with Gasteiger partial charge in [-0.3, -0.25) is 0 Å². The molecular weight excluding hydrogens is 350 g/mol. The van der Waals surface area contributed by atoms with Crippen LogP contribution in [0.4, 0.5) is 8.78 Å². The molecule has 0 unspecified atom stereocenters. The van der Waals surface area contributed by atoms with Gasteiger partial charge in [0.25, 0.3) is 0 Å². The fraction of sp³-hybridized carbons (Fsp3) is 0.667. The van der Waals surface area contributed by atoms with Gasteiger partial charge in [0.05, 0.1) is 4.47 Å². The number of ether oxygens (including phenoxy) is 1. The van der Waals surface area contributed by atoms with E-state index in [0.29, 0.717) is 0 Å². The molecule has 0 fully saturated rings.